The second kappa shape index (κ2) is 7.99. The molecular formula is C20H21FN2O4. The summed E-state index contributed by atoms with van der Waals surface area (Å²) < 4.78 is 29.2. The molecule has 7 heteroatoms. The number of hydrogen-bond donors (Lipinski definition) is 2. The van der Waals surface area contributed by atoms with Crippen LogP contribution in [0.25, 0.3) is 10.9 Å². The van der Waals surface area contributed by atoms with Crippen molar-refractivity contribution in [2.24, 2.45) is 0 Å². The zero-order valence-electron chi connectivity index (χ0n) is 15.4. The van der Waals surface area contributed by atoms with Gasteiger partial charge in [0, 0.05) is 18.8 Å². The van der Waals surface area contributed by atoms with Crippen LogP contribution in [0, 0.1) is 5.82 Å². The zero-order valence-corrected chi connectivity index (χ0v) is 15.4. The highest BCUT2D eigenvalue weighted by atomic mass is 19.1. The molecule has 1 aromatic heterocycles. The summed E-state index contributed by atoms with van der Waals surface area (Å²) in [6, 6.07) is 7.97. The number of aromatic nitrogens is 1. The van der Waals surface area contributed by atoms with Crippen molar-refractivity contribution in [3.63, 3.8) is 0 Å². The number of halogens is 1. The van der Waals surface area contributed by atoms with Gasteiger partial charge < -0.3 is 24.5 Å². The maximum atomic E-state index is 13.0. The number of fused-ring (bicyclic) bond motifs is 1. The standard InChI is InChI=1S/C20H21FN2O4/c1-25-16-10-15-17(19(27-3)18(16)26-2)14(11-23-15)20(24)22-9-8-12-4-6-13(21)7-5-12/h4-7,10-11,23H,8-9H2,1-3H3,(H,22,24). The van der Waals surface area contributed by atoms with Crippen LogP contribution in [-0.2, 0) is 6.42 Å². The fourth-order valence-electron chi connectivity index (χ4n) is 3.01. The van der Waals surface area contributed by atoms with E-state index in [-0.39, 0.29) is 11.7 Å². The molecule has 0 saturated carbocycles. The van der Waals surface area contributed by atoms with Gasteiger partial charge in [-0.15, -0.1) is 0 Å². The lowest BCUT2D eigenvalue weighted by Crippen LogP contribution is -2.25. The summed E-state index contributed by atoms with van der Waals surface area (Å²) in [7, 11) is 4.57. The molecule has 6 nitrogen and oxygen atoms in total. The Balaban J connectivity index is 1.83. The summed E-state index contributed by atoms with van der Waals surface area (Å²) in [5, 5.41) is 3.50. The van der Waals surface area contributed by atoms with Crippen molar-refractivity contribution in [3.05, 3.63) is 53.5 Å². The highest BCUT2D eigenvalue weighted by molar-refractivity contribution is 6.10. The van der Waals surface area contributed by atoms with Crippen LogP contribution in [0.2, 0.25) is 0 Å². The van der Waals surface area contributed by atoms with Crippen LogP contribution in [0.5, 0.6) is 17.2 Å². The van der Waals surface area contributed by atoms with Crippen molar-refractivity contribution in [1.82, 2.24) is 10.3 Å². The third-order valence-corrected chi connectivity index (χ3v) is 4.33. The van der Waals surface area contributed by atoms with Crippen molar-refractivity contribution in [1.29, 1.82) is 0 Å². The number of rotatable bonds is 7. The van der Waals surface area contributed by atoms with Crippen LogP contribution in [0.1, 0.15) is 15.9 Å². The molecule has 142 valence electrons. The smallest absolute Gasteiger partial charge is 0.253 e. The van der Waals surface area contributed by atoms with Gasteiger partial charge in [-0.05, 0) is 24.1 Å². The van der Waals surface area contributed by atoms with E-state index in [1.165, 1.54) is 33.5 Å². The van der Waals surface area contributed by atoms with Crippen molar-refractivity contribution < 1.29 is 23.4 Å². The van der Waals surface area contributed by atoms with Crippen LogP contribution < -0.4 is 19.5 Å². The van der Waals surface area contributed by atoms with Crippen molar-refractivity contribution in [3.8, 4) is 17.2 Å². The third kappa shape index (κ3) is 3.67. The summed E-state index contributed by atoms with van der Waals surface area (Å²) in [6.45, 7) is 0.423. The van der Waals surface area contributed by atoms with Crippen LogP contribution in [0.3, 0.4) is 0 Å². The van der Waals surface area contributed by atoms with Crippen molar-refractivity contribution in [2.75, 3.05) is 27.9 Å². The number of aromatic amines is 1. The van der Waals surface area contributed by atoms with Crippen LogP contribution in [0.15, 0.2) is 36.5 Å². The minimum absolute atomic E-state index is 0.242. The maximum absolute atomic E-state index is 13.0. The molecule has 2 N–H and O–H groups in total. The molecule has 0 saturated heterocycles. The zero-order chi connectivity index (χ0) is 19.4. The third-order valence-electron chi connectivity index (χ3n) is 4.33. The molecule has 0 unspecified atom stereocenters. The first kappa shape index (κ1) is 18.6. The molecule has 3 rings (SSSR count). The molecule has 0 fully saturated rings. The number of H-pyrrole nitrogens is 1. The molecule has 27 heavy (non-hydrogen) atoms. The first-order chi connectivity index (χ1) is 13.1. The fraction of sp³-hybridized carbons (Fsp3) is 0.250. The van der Waals surface area contributed by atoms with Crippen LogP contribution in [-0.4, -0.2) is 38.8 Å². The molecule has 0 aliphatic rings. The quantitative estimate of drug-likeness (QED) is 0.667. The van der Waals surface area contributed by atoms with E-state index >= 15 is 0 Å². The molecular weight excluding hydrogens is 351 g/mol. The number of carbonyl (C=O) groups is 1. The summed E-state index contributed by atoms with van der Waals surface area (Å²) >= 11 is 0. The first-order valence-corrected chi connectivity index (χ1v) is 8.41. The van der Waals surface area contributed by atoms with Gasteiger partial charge in [-0.25, -0.2) is 4.39 Å². The monoisotopic (exact) mass is 372 g/mol. The van der Waals surface area contributed by atoms with E-state index in [2.05, 4.69) is 10.3 Å². The largest absolute Gasteiger partial charge is 0.493 e. The Morgan fingerprint density at radius 2 is 1.78 bits per heavy atom. The molecule has 1 amide bonds. The number of benzene rings is 2. The number of carbonyl (C=O) groups excluding carboxylic acids is 1. The van der Waals surface area contributed by atoms with E-state index in [9.17, 15) is 9.18 Å². The van der Waals surface area contributed by atoms with Crippen molar-refractivity contribution in [2.45, 2.75) is 6.42 Å². The first-order valence-electron chi connectivity index (χ1n) is 8.41. The lowest BCUT2D eigenvalue weighted by Gasteiger charge is -2.14. The number of amides is 1. The van der Waals surface area contributed by atoms with Gasteiger partial charge in [0.15, 0.2) is 11.5 Å². The molecule has 0 radical (unpaired) electrons. The van der Waals surface area contributed by atoms with Gasteiger partial charge >= 0.3 is 0 Å². The average Bonchev–Trinajstić information content (AvgIpc) is 3.11. The molecule has 1 heterocycles. The highest BCUT2D eigenvalue weighted by Crippen LogP contribution is 2.44. The average molecular weight is 372 g/mol. The molecule has 3 aromatic rings. The second-order valence-electron chi connectivity index (χ2n) is 5.90. The van der Waals surface area contributed by atoms with Gasteiger partial charge in [0.1, 0.15) is 5.82 Å². The number of hydrogen-bond acceptors (Lipinski definition) is 4. The van der Waals surface area contributed by atoms with Crippen LogP contribution in [0.4, 0.5) is 4.39 Å². The Morgan fingerprint density at radius 1 is 1.07 bits per heavy atom. The number of methoxy groups -OCH3 is 3. The van der Waals surface area contributed by atoms with E-state index in [1.807, 2.05) is 0 Å². The molecule has 0 aliphatic heterocycles. The molecule has 0 atom stereocenters. The minimum Gasteiger partial charge on any atom is -0.493 e. The van der Waals surface area contributed by atoms with Gasteiger partial charge in [0.25, 0.3) is 5.91 Å². The second-order valence-corrected chi connectivity index (χ2v) is 5.90. The maximum Gasteiger partial charge on any atom is 0.253 e. The topological polar surface area (TPSA) is 72.6 Å². The lowest BCUT2D eigenvalue weighted by molar-refractivity contribution is 0.0955. The molecule has 0 bridgehead atoms. The fourth-order valence-corrected chi connectivity index (χ4v) is 3.01. The van der Waals surface area contributed by atoms with E-state index in [1.54, 1.807) is 24.4 Å². The van der Waals surface area contributed by atoms with E-state index in [0.29, 0.717) is 46.7 Å². The predicted molar refractivity (Wildman–Crippen MR) is 100 cm³/mol. The van der Waals surface area contributed by atoms with Crippen molar-refractivity contribution >= 4 is 16.8 Å². The summed E-state index contributed by atoms with van der Waals surface area (Å²) in [5.41, 5.74) is 2.09. The lowest BCUT2D eigenvalue weighted by atomic mass is 10.1. The van der Waals surface area contributed by atoms with Crippen LogP contribution >= 0.6 is 0 Å². The Morgan fingerprint density at radius 3 is 2.41 bits per heavy atom. The van der Waals surface area contributed by atoms with Gasteiger partial charge in [-0.1, -0.05) is 12.1 Å². The van der Waals surface area contributed by atoms with Gasteiger partial charge in [-0.2, -0.15) is 0 Å². The Hall–Kier alpha value is -3.22. The van der Waals surface area contributed by atoms with Gasteiger partial charge in [0.05, 0.1) is 37.8 Å². The normalized spacial score (nSPS) is 10.7. The summed E-state index contributed by atoms with van der Waals surface area (Å²) in [6.07, 6.45) is 2.22. The Labute approximate surface area is 156 Å². The molecule has 0 aliphatic carbocycles. The van der Waals surface area contributed by atoms with E-state index < -0.39 is 0 Å². The Bertz CT molecular complexity index is 951. The highest BCUT2D eigenvalue weighted by Gasteiger charge is 2.22. The molecule has 2 aromatic carbocycles. The van der Waals surface area contributed by atoms with E-state index in [4.69, 9.17) is 14.2 Å². The number of nitrogens with one attached hydrogen (secondary N) is 2. The summed E-state index contributed by atoms with van der Waals surface area (Å²) in [4.78, 5) is 15.7. The van der Waals surface area contributed by atoms with Gasteiger partial charge in [-0.3, -0.25) is 4.79 Å². The SMILES string of the molecule is COc1cc2[nH]cc(C(=O)NCCc3ccc(F)cc3)c2c(OC)c1OC. The predicted octanol–water partition coefficient (Wildman–Crippen LogP) is 3.31. The Kier molecular flexibility index (Phi) is 5.49. The molecule has 0 spiro atoms. The summed E-state index contributed by atoms with van der Waals surface area (Å²) in [5.74, 6) is 0.836. The van der Waals surface area contributed by atoms with Gasteiger partial charge in [0.2, 0.25) is 5.75 Å². The minimum atomic E-state index is -0.280. The van der Waals surface area contributed by atoms with E-state index in [0.717, 1.165) is 5.56 Å². The number of ether oxygens (including phenoxy) is 3.